The number of rotatable bonds is 4. The molecule has 0 aliphatic carbocycles. The second-order valence-corrected chi connectivity index (χ2v) is 7.62. The Morgan fingerprint density at radius 3 is 2.48 bits per heavy atom. The fourth-order valence-corrected chi connectivity index (χ4v) is 3.90. The maximum atomic E-state index is 12.9. The van der Waals surface area contributed by atoms with Crippen LogP contribution in [0.2, 0.25) is 0 Å². The van der Waals surface area contributed by atoms with Gasteiger partial charge in [0.1, 0.15) is 5.82 Å². The number of nitrogens with two attached hydrogens (primary N) is 1. The molecule has 0 fully saturated rings. The van der Waals surface area contributed by atoms with E-state index >= 15 is 0 Å². The van der Waals surface area contributed by atoms with Crippen LogP contribution >= 0.6 is 11.3 Å². The Morgan fingerprint density at radius 1 is 1.24 bits per heavy atom. The van der Waals surface area contributed by atoms with Gasteiger partial charge >= 0.3 is 0 Å². The van der Waals surface area contributed by atoms with Crippen molar-refractivity contribution in [2.24, 2.45) is 0 Å². The van der Waals surface area contributed by atoms with Crippen molar-refractivity contribution in [1.82, 2.24) is 19.5 Å². The quantitative estimate of drug-likeness (QED) is 0.774. The highest BCUT2D eigenvalue weighted by molar-refractivity contribution is 7.13. The Hall–Kier alpha value is -2.41. The van der Waals surface area contributed by atoms with E-state index in [4.69, 9.17) is 5.73 Å². The van der Waals surface area contributed by atoms with Gasteiger partial charge < -0.3 is 10.6 Å². The lowest BCUT2D eigenvalue weighted by atomic mass is 10.1. The van der Waals surface area contributed by atoms with Gasteiger partial charge in [0, 0.05) is 17.6 Å². The van der Waals surface area contributed by atoms with Gasteiger partial charge in [0.25, 0.3) is 5.91 Å². The number of aromatic nitrogens is 3. The topological polar surface area (TPSA) is 76.5 Å². The monoisotopic (exact) mass is 357 g/mol. The zero-order chi connectivity index (χ0) is 18.3. The number of fused-ring (bicyclic) bond motifs is 1. The van der Waals surface area contributed by atoms with E-state index in [9.17, 15) is 4.79 Å². The van der Waals surface area contributed by atoms with Crippen molar-refractivity contribution in [3.8, 4) is 10.7 Å². The molecule has 0 radical (unpaired) electrons. The number of anilines is 1. The number of carbonyl (C=O) groups excluding carboxylic acids is 1. The summed E-state index contributed by atoms with van der Waals surface area (Å²) in [6.45, 7) is 10.1. The van der Waals surface area contributed by atoms with Crippen molar-refractivity contribution < 1.29 is 4.79 Å². The molecule has 0 aliphatic heterocycles. The van der Waals surface area contributed by atoms with Crippen LogP contribution in [-0.2, 0) is 0 Å². The lowest BCUT2D eigenvalue weighted by molar-refractivity contribution is 0.0644. The first-order valence-electron chi connectivity index (χ1n) is 8.33. The maximum Gasteiger partial charge on any atom is 0.254 e. The van der Waals surface area contributed by atoms with Gasteiger partial charge in [-0.05, 0) is 63.8 Å². The zero-order valence-corrected chi connectivity index (χ0v) is 16.0. The van der Waals surface area contributed by atoms with Crippen molar-refractivity contribution in [3.63, 3.8) is 0 Å². The van der Waals surface area contributed by atoms with Gasteiger partial charge in [-0.25, -0.2) is 4.98 Å². The van der Waals surface area contributed by atoms with Gasteiger partial charge in [-0.2, -0.15) is 4.52 Å². The number of nitrogens with zero attached hydrogens (tertiary/aromatic N) is 4. The van der Waals surface area contributed by atoms with Crippen LogP contribution in [0, 0.1) is 6.92 Å². The van der Waals surface area contributed by atoms with E-state index in [1.165, 1.54) is 0 Å². The van der Waals surface area contributed by atoms with Gasteiger partial charge in [0.05, 0.1) is 4.88 Å². The molecule has 0 bridgehead atoms. The maximum absolute atomic E-state index is 12.9. The molecule has 132 valence electrons. The summed E-state index contributed by atoms with van der Waals surface area (Å²) >= 11 is 1.59. The second-order valence-electron chi connectivity index (χ2n) is 6.71. The highest BCUT2D eigenvalue weighted by atomic mass is 32.1. The molecule has 3 aromatic heterocycles. The summed E-state index contributed by atoms with van der Waals surface area (Å²) in [6.07, 6.45) is 0. The lowest BCUT2D eigenvalue weighted by Gasteiger charge is -2.30. The van der Waals surface area contributed by atoms with Crippen molar-refractivity contribution in [3.05, 3.63) is 34.7 Å². The number of hydrogen-bond acceptors (Lipinski definition) is 5. The SMILES string of the molecule is Cc1ccsc1-c1nc2cc(C(=O)N(C(C)C)C(C)C)cc(N)n2n1. The van der Waals surface area contributed by atoms with E-state index in [1.54, 1.807) is 28.0 Å². The van der Waals surface area contributed by atoms with Crippen molar-refractivity contribution in [2.45, 2.75) is 46.7 Å². The lowest BCUT2D eigenvalue weighted by Crippen LogP contribution is -2.42. The van der Waals surface area contributed by atoms with Crippen molar-refractivity contribution in [2.75, 3.05) is 5.73 Å². The molecule has 3 aromatic rings. The number of amides is 1. The fourth-order valence-electron chi connectivity index (χ4n) is 3.04. The van der Waals surface area contributed by atoms with Crippen LogP contribution in [0.1, 0.15) is 43.6 Å². The molecule has 6 nitrogen and oxygen atoms in total. The largest absolute Gasteiger partial charge is 0.384 e. The van der Waals surface area contributed by atoms with Crippen LogP contribution in [0.5, 0.6) is 0 Å². The number of pyridine rings is 1. The molecule has 7 heteroatoms. The van der Waals surface area contributed by atoms with Crippen LogP contribution < -0.4 is 5.73 Å². The van der Waals surface area contributed by atoms with Crippen molar-refractivity contribution in [1.29, 1.82) is 0 Å². The Labute approximate surface area is 151 Å². The van der Waals surface area contributed by atoms with Gasteiger partial charge in [-0.15, -0.1) is 16.4 Å². The Morgan fingerprint density at radius 2 is 1.92 bits per heavy atom. The van der Waals surface area contributed by atoms with Crippen LogP contribution in [0.4, 0.5) is 5.82 Å². The standard InChI is InChI=1S/C18H23N5OS/c1-10(2)22(11(3)4)18(24)13-8-14(19)23-15(9-13)20-17(21-23)16-12(5)6-7-25-16/h6-11H,19H2,1-5H3. The molecule has 0 aliphatic rings. The summed E-state index contributed by atoms with van der Waals surface area (Å²) in [7, 11) is 0. The minimum Gasteiger partial charge on any atom is -0.384 e. The molecular weight excluding hydrogens is 334 g/mol. The first-order chi connectivity index (χ1) is 11.8. The normalized spacial score (nSPS) is 11.6. The molecule has 0 unspecified atom stereocenters. The smallest absolute Gasteiger partial charge is 0.254 e. The molecule has 2 N–H and O–H groups in total. The zero-order valence-electron chi connectivity index (χ0n) is 15.1. The summed E-state index contributed by atoms with van der Waals surface area (Å²) in [6, 6.07) is 5.68. The number of hydrogen-bond donors (Lipinski definition) is 1. The minimum atomic E-state index is -0.0453. The van der Waals surface area contributed by atoms with E-state index in [0.717, 1.165) is 10.4 Å². The highest BCUT2D eigenvalue weighted by Crippen LogP contribution is 2.27. The van der Waals surface area contributed by atoms with Crippen LogP contribution in [0.25, 0.3) is 16.3 Å². The number of thiophene rings is 1. The molecule has 0 saturated carbocycles. The molecule has 0 atom stereocenters. The average Bonchev–Trinajstić information content (AvgIpc) is 3.12. The van der Waals surface area contributed by atoms with E-state index in [2.05, 4.69) is 10.1 Å². The number of nitrogen functional groups attached to an aromatic ring is 1. The predicted octanol–water partition coefficient (Wildman–Crippen LogP) is 3.61. The van der Waals surface area contributed by atoms with Gasteiger partial charge in [0.2, 0.25) is 0 Å². The van der Waals surface area contributed by atoms with Gasteiger partial charge in [0.15, 0.2) is 11.5 Å². The summed E-state index contributed by atoms with van der Waals surface area (Å²) in [4.78, 5) is 20.4. The van der Waals surface area contributed by atoms with E-state index in [1.807, 2.05) is 51.0 Å². The molecular formula is C18H23N5OS. The Bertz CT molecular complexity index is 917. The van der Waals surface area contributed by atoms with E-state index in [0.29, 0.717) is 22.9 Å². The summed E-state index contributed by atoms with van der Waals surface area (Å²) < 4.78 is 1.58. The fraction of sp³-hybridized carbons (Fsp3) is 0.389. The minimum absolute atomic E-state index is 0.0453. The number of aryl methyl sites for hydroxylation is 1. The molecule has 25 heavy (non-hydrogen) atoms. The molecule has 1 amide bonds. The number of carbonyl (C=O) groups is 1. The predicted molar refractivity (Wildman–Crippen MR) is 102 cm³/mol. The third kappa shape index (κ3) is 3.11. The third-order valence-electron chi connectivity index (χ3n) is 4.12. The summed E-state index contributed by atoms with van der Waals surface area (Å²) in [5.74, 6) is 0.991. The average molecular weight is 357 g/mol. The molecule has 0 spiro atoms. The van der Waals surface area contributed by atoms with Gasteiger partial charge in [-0.1, -0.05) is 0 Å². The van der Waals surface area contributed by atoms with E-state index < -0.39 is 0 Å². The molecule has 0 aromatic carbocycles. The summed E-state index contributed by atoms with van der Waals surface area (Å²) in [5, 5.41) is 6.51. The Kier molecular flexibility index (Phi) is 4.51. The second kappa shape index (κ2) is 6.48. The first kappa shape index (κ1) is 17.4. The summed E-state index contributed by atoms with van der Waals surface area (Å²) in [5.41, 5.74) is 8.39. The van der Waals surface area contributed by atoms with Crippen LogP contribution in [-0.4, -0.2) is 37.5 Å². The van der Waals surface area contributed by atoms with Crippen LogP contribution in [0.15, 0.2) is 23.6 Å². The van der Waals surface area contributed by atoms with Crippen LogP contribution in [0.3, 0.4) is 0 Å². The molecule has 3 heterocycles. The third-order valence-corrected chi connectivity index (χ3v) is 5.14. The molecule has 0 saturated heterocycles. The first-order valence-corrected chi connectivity index (χ1v) is 9.21. The van der Waals surface area contributed by atoms with Gasteiger partial charge in [-0.3, -0.25) is 4.79 Å². The molecule has 3 rings (SSSR count). The van der Waals surface area contributed by atoms with Crippen molar-refractivity contribution >= 4 is 28.7 Å². The highest BCUT2D eigenvalue weighted by Gasteiger charge is 2.23. The van der Waals surface area contributed by atoms with E-state index in [-0.39, 0.29) is 18.0 Å². The Balaban J connectivity index is 2.07.